The van der Waals surface area contributed by atoms with Crippen molar-refractivity contribution in [3.63, 3.8) is 0 Å². The van der Waals surface area contributed by atoms with Crippen molar-refractivity contribution in [3.8, 4) is 0 Å². The topological polar surface area (TPSA) is 115 Å². The molecule has 0 spiro atoms. The average molecular weight is 456 g/mol. The van der Waals surface area contributed by atoms with Crippen molar-refractivity contribution < 1.29 is 26.4 Å². The fourth-order valence-electron chi connectivity index (χ4n) is 2.48. The molecule has 0 aliphatic heterocycles. The first kappa shape index (κ1) is 22.0. The van der Waals surface area contributed by atoms with E-state index in [9.17, 15) is 26.4 Å². The maximum Gasteiger partial charge on any atom is 0.451 e. The molecule has 0 fully saturated rings. The lowest BCUT2D eigenvalue weighted by Crippen LogP contribution is -2.23. The Balaban J connectivity index is 1.86. The molecule has 0 unspecified atom stereocenters. The number of hydrogen-bond donors (Lipinski definition) is 2. The summed E-state index contributed by atoms with van der Waals surface area (Å²) in [7, 11) is -3.95. The Bertz CT molecular complexity index is 1220. The summed E-state index contributed by atoms with van der Waals surface area (Å²) in [6.07, 6.45) is -4.74. The van der Waals surface area contributed by atoms with Crippen molar-refractivity contribution >= 4 is 44.3 Å². The first-order chi connectivity index (χ1) is 13.9. The molecule has 0 saturated carbocycles. The normalized spacial score (nSPS) is 13.2. The van der Waals surface area contributed by atoms with Crippen LogP contribution in [0.2, 0.25) is 0 Å². The maximum absolute atomic E-state index is 13.1. The predicted octanol–water partition coefficient (Wildman–Crippen LogP) is 3.42. The van der Waals surface area contributed by atoms with E-state index in [0.29, 0.717) is 5.39 Å². The molecule has 7 nitrogen and oxygen atoms in total. The number of halogens is 3. The van der Waals surface area contributed by atoms with E-state index in [2.05, 4.69) is 15.3 Å². The van der Waals surface area contributed by atoms with Crippen molar-refractivity contribution in [1.82, 2.24) is 9.97 Å². The van der Waals surface area contributed by atoms with Crippen molar-refractivity contribution in [2.45, 2.75) is 28.3 Å². The summed E-state index contributed by atoms with van der Waals surface area (Å²) < 4.78 is 62.3. The van der Waals surface area contributed by atoms with E-state index < -0.39 is 33.2 Å². The van der Waals surface area contributed by atoms with Gasteiger partial charge in [-0.25, -0.2) is 23.5 Å². The minimum Gasteiger partial charge on any atom is -0.325 e. The van der Waals surface area contributed by atoms with Gasteiger partial charge in [0.1, 0.15) is 5.03 Å². The van der Waals surface area contributed by atoms with E-state index in [1.54, 1.807) is 18.2 Å². The molecular formula is C18H15F3N4O3S2. The summed E-state index contributed by atoms with van der Waals surface area (Å²) in [5.41, 5.74) is 0.290. The number of rotatable bonds is 5. The molecule has 1 heterocycles. The smallest absolute Gasteiger partial charge is 0.325 e. The van der Waals surface area contributed by atoms with Crippen LogP contribution in [0.5, 0.6) is 0 Å². The molecule has 3 N–H and O–H groups in total. The van der Waals surface area contributed by atoms with Gasteiger partial charge in [-0.1, -0.05) is 36.0 Å². The van der Waals surface area contributed by atoms with Gasteiger partial charge in [0, 0.05) is 11.1 Å². The van der Waals surface area contributed by atoms with Crippen LogP contribution in [0.1, 0.15) is 12.7 Å². The monoisotopic (exact) mass is 456 g/mol. The molecule has 0 radical (unpaired) electrons. The highest BCUT2D eigenvalue weighted by atomic mass is 32.2. The van der Waals surface area contributed by atoms with Gasteiger partial charge in [0.2, 0.25) is 21.8 Å². The Morgan fingerprint density at radius 1 is 1.13 bits per heavy atom. The zero-order valence-corrected chi connectivity index (χ0v) is 17.0. The average Bonchev–Trinajstić information content (AvgIpc) is 2.66. The molecule has 158 valence electrons. The second-order valence-electron chi connectivity index (χ2n) is 6.19. The highest BCUT2D eigenvalue weighted by Gasteiger charge is 2.36. The van der Waals surface area contributed by atoms with Gasteiger partial charge >= 0.3 is 6.18 Å². The SMILES string of the molecule is C[C@H](Sc1nc(C(F)(F)F)nc2ccccc12)C(=O)Nc1cccc(S(N)(=O)=O)c1. The van der Waals surface area contributed by atoms with Crippen LogP contribution in [0.25, 0.3) is 10.9 Å². The number of aromatic nitrogens is 2. The van der Waals surface area contributed by atoms with Gasteiger partial charge in [-0.3, -0.25) is 4.79 Å². The summed E-state index contributed by atoms with van der Waals surface area (Å²) in [6.45, 7) is 1.49. The van der Waals surface area contributed by atoms with Gasteiger partial charge in [-0.05, 0) is 31.2 Å². The number of primary sulfonamides is 1. The van der Waals surface area contributed by atoms with Gasteiger partial charge in [0.25, 0.3) is 0 Å². The predicted molar refractivity (Wildman–Crippen MR) is 106 cm³/mol. The lowest BCUT2D eigenvalue weighted by molar-refractivity contribution is -0.145. The fraction of sp³-hybridized carbons (Fsp3) is 0.167. The van der Waals surface area contributed by atoms with E-state index in [0.717, 1.165) is 11.8 Å². The Labute approximate surface area is 174 Å². The van der Waals surface area contributed by atoms with Gasteiger partial charge < -0.3 is 5.32 Å². The standard InChI is InChI=1S/C18H15F3N4O3S2/c1-10(15(26)23-11-5-4-6-12(9-11)30(22,27)28)29-16-13-7-2-3-8-14(13)24-17(25-16)18(19,20)21/h2-10H,1H3,(H,23,26)(H2,22,27,28)/t10-/m0/s1. The summed E-state index contributed by atoms with van der Waals surface area (Å²) in [4.78, 5) is 19.5. The Hall–Kier alpha value is -2.70. The molecule has 0 bridgehead atoms. The Kier molecular flexibility index (Phi) is 6.01. The molecule has 1 aromatic heterocycles. The molecule has 0 aliphatic carbocycles. The first-order valence-corrected chi connectivity index (χ1v) is 10.8. The summed E-state index contributed by atoms with van der Waals surface area (Å²) in [5, 5.41) is 7.14. The number of nitrogens with one attached hydrogen (secondary N) is 1. The molecule has 0 saturated heterocycles. The number of para-hydroxylation sites is 1. The van der Waals surface area contributed by atoms with Crippen LogP contribution >= 0.6 is 11.8 Å². The van der Waals surface area contributed by atoms with Gasteiger partial charge in [0.05, 0.1) is 15.7 Å². The number of anilines is 1. The number of alkyl halides is 3. The number of nitrogens with two attached hydrogens (primary N) is 1. The second kappa shape index (κ2) is 8.20. The van der Waals surface area contributed by atoms with Gasteiger partial charge in [-0.2, -0.15) is 13.2 Å². The van der Waals surface area contributed by atoms with E-state index in [-0.39, 0.29) is 21.1 Å². The minimum absolute atomic E-state index is 0.00821. The van der Waals surface area contributed by atoms with E-state index in [4.69, 9.17) is 5.14 Å². The lowest BCUT2D eigenvalue weighted by atomic mass is 10.2. The van der Waals surface area contributed by atoms with Gasteiger partial charge in [-0.15, -0.1) is 0 Å². The highest BCUT2D eigenvalue weighted by Crippen LogP contribution is 2.33. The largest absolute Gasteiger partial charge is 0.451 e. The highest BCUT2D eigenvalue weighted by molar-refractivity contribution is 8.00. The lowest BCUT2D eigenvalue weighted by Gasteiger charge is -2.14. The number of carbonyl (C=O) groups excluding carboxylic acids is 1. The van der Waals surface area contributed by atoms with Crippen molar-refractivity contribution in [2.75, 3.05) is 5.32 Å². The minimum atomic E-state index is -4.74. The number of carbonyl (C=O) groups is 1. The van der Waals surface area contributed by atoms with Crippen molar-refractivity contribution in [1.29, 1.82) is 0 Å². The number of sulfonamides is 1. The van der Waals surface area contributed by atoms with Crippen LogP contribution < -0.4 is 10.5 Å². The van der Waals surface area contributed by atoms with Crippen molar-refractivity contribution in [3.05, 3.63) is 54.4 Å². The number of fused-ring (bicyclic) bond motifs is 1. The third-order valence-corrected chi connectivity index (χ3v) is 5.92. The molecule has 0 aliphatic rings. The summed E-state index contributed by atoms with van der Waals surface area (Å²) in [6, 6.07) is 11.5. The third-order valence-electron chi connectivity index (χ3n) is 3.91. The fourth-order valence-corrected chi connectivity index (χ4v) is 3.98. The molecule has 30 heavy (non-hydrogen) atoms. The number of benzene rings is 2. The van der Waals surface area contributed by atoms with Crippen LogP contribution in [-0.4, -0.2) is 29.5 Å². The van der Waals surface area contributed by atoms with E-state index in [1.807, 2.05) is 0 Å². The molecule has 12 heteroatoms. The molecule has 1 amide bonds. The Morgan fingerprint density at radius 3 is 2.50 bits per heavy atom. The zero-order valence-electron chi connectivity index (χ0n) is 15.3. The van der Waals surface area contributed by atoms with E-state index in [1.165, 1.54) is 37.3 Å². The number of hydrogen-bond acceptors (Lipinski definition) is 6. The van der Waals surface area contributed by atoms with Gasteiger partial charge in [0.15, 0.2) is 0 Å². The molecule has 1 atom stereocenters. The quantitative estimate of drug-likeness (QED) is 0.449. The summed E-state index contributed by atoms with van der Waals surface area (Å²) in [5.74, 6) is -1.85. The van der Waals surface area contributed by atoms with Crippen molar-refractivity contribution in [2.24, 2.45) is 5.14 Å². The number of amides is 1. The van der Waals surface area contributed by atoms with Crippen LogP contribution in [0.4, 0.5) is 18.9 Å². The zero-order chi connectivity index (χ0) is 22.1. The second-order valence-corrected chi connectivity index (χ2v) is 9.08. The molecule has 2 aromatic carbocycles. The summed E-state index contributed by atoms with van der Waals surface area (Å²) >= 11 is 0.834. The third kappa shape index (κ3) is 5.07. The molecule has 3 aromatic rings. The Morgan fingerprint density at radius 2 is 1.83 bits per heavy atom. The number of thioether (sulfide) groups is 1. The van der Waals surface area contributed by atoms with Crippen LogP contribution in [0.15, 0.2) is 58.5 Å². The first-order valence-electron chi connectivity index (χ1n) is 8.39. The molecule has 3 rings (SSSR count). The van der Waals surface area contributed by atoms with Crippen LogP contribution in [0, 0.1) is 0 Å². The molecular weight excluding hydrogens is 441 g/mol. The maximum atomic E-state index is 13.1. The van der Waals surface area contributed by atoms with Crippen LogP contribution in [-0.2, 0) is 21.0 Å². The number of nitrogens with zero attached hydrogens (tertiary/aromatic N) is 2. The van der Waals surface area contributed by atoms with Crippen LogP contribution in [0.3, 0.4) is 0 Å². The van der Waals surface area contributed by atoms with E-state index >= 15 is 0 Å².